The lowest BCUT2D eigenvalue weighted by Gasteiger charge is -2.20. The number of halogens is 3. The van der Waals surface area contributed by atoms with E-state index in [4.69, 9.17) is 34.3 Å². The van der Waals surface area contributed by atoms with Gasteiger partial charge >= 0.3 is 0 Å². The number of hydrogen-bond acceptors (Lipinski definition) is 7. The van der Waals surface area contributed by atoms with Gasteiger partial charge in [0.25, 0.3) is 23.6 Å². The molecule has 4 amide bonds. The van der Waals surface area contributed by atoms with Crippen LogP contribution in [0.5, 0.6) is 0 Å². The predicted octanol–water partition coefficient (Wildman–Crippen LogP) is 4.28. The molecule has 0 spiro atoms. The normalized spacial score (nSPS) is 10.6. The first-order chi connectivity index (χ1) is 22.4. The number of hydrogen-bond donors (Lipinski definition) is 6. The Balaban J connectivity index is 0.00000625. The third-order valence-electron chi connectivity index (χ3n) is 7.05. The number of anilines is 4. The predicted molar refractivity (Wildman–Crippen MR) is 194 cm³/mol. The molecule has 4 aromatic heterocycles. The monoisotopic (exact) mass is 738 g/mol. The number of nitrogens with one attached hydrogen (secondary N) is 5. The SMILES string of the molecule is Cl.Cn1cc(NC(=O)c2cc(NC(=O)c3cc(NC(=O)c4cc(N(CCCl)CCCl)cs4)cn3C)cn2C)cc1C(=O)NCCC(=N)N. The second kappa shape index (κ2) is 17.1. The first-order valence-electron chi connectivity index (χ1n) is 14.4. The van der Waals surface area contributed by atoms with Gasteiger partial charge < -0.3 is 45.6 Å². The molecule has 0 unspecified atom stereocenters. The van der Waals surface area contributed by atoms with E-state index in [0.717, 1.165) is 5.69 Å². The Kier molecular flexibility index (Phi) is 13.5. The van der Waals surface area contributed by atoms with E-state index in [9.17, 15) is 19.2 Å². The van der Waals surface area contributed by atoms with Gasteiger partial charge in [-0.15, -0.1) is 46.9 Å². The molecule has 0 atom stereocenters. The maximum atomic E-state index is 13.2. The molecule has 0 saturated carbocycles. The molecule has 14 nitrogen and oxygen atoms in total. The number of amidine groups is 1. The minimum absolute atomic E-state index is 0. The second-order valence-corrected chi connectivity index (χ2v) is 12.3. The molecule has 0 radical (unpaired) electrons. The molecule has 0 aromatic carbocycles. The van der Waals surface area contributed by atoms with Crippen LogP contribution in [0.3, 0.4) is 0 Å². The summed E-state index contributed by atoms with van der Waals surface area (Å²) in [7, 11) is 5.03. The van der Waals surface area contributed by atoms with Crippen LogP contribution in [-0.2, 0) is 21.1 Å². The number of nitrogens with zero attached hydrogens (tertiary/aromatic N) is 4. The second-order valence-electron chi connectivity index (χ2n) is 10.6. The number of alkyl halides is 2. The van der Waals surface area contributed by atoms with Crippen molar-refractivity contribution in [3.8, 4) is 0 Å². The highest BCUT2D eigenvalue weighted by atomic mass is 35.5. The van der Waals surface area contributed by atoms with Gasteiger partial charge in [0, 0.05) is 88.6 Å². The highest BCUT2D eigenvalue weighted by Gasteiger charge is 2.20. The molecule has 4 heterocycles. The summed E-state index contributed by atoms with van der Waals surface area (Å²) in [5.74, 6) is -0.729. The van der Waals surface area contributed by atoms with E-state index < -0.39 is 11.8 Å². The van der Waals surface area contributed by atoms with Crippen LogP contribution in [-0.4, -0.2) is 74.6 Å². The summed E-state index contributed by atoms with van der Waals surface area (Å²) in [4.78, 5) is 54.2. The van der Waals surface area contributed by atoms with Crippen molar-refractivity contribution >= 4 is 99.2 Å². The van der Waals surface area contributed by atoms with Crippen molar-refractivity contribution in [3.63, 3.8) is 0 Å². The lowest BCUT2D eigenvalue weighted by Crippen LogP contribution is -2.28. The van der Waals surface area contributed by atoms with Crippen molar-refractivity contribution in [2.45, 2.75) is 6.42 Å². The minimum atomic E-state index is -0.448. The van der Waals surface area contributed by atoms with Gasteiger partial charge in [-0.1, -0.05) is 0 Å². The summed E-state index contributed by atoms with van der Waals surface area (Å²) in [6, 6.07) is 6.41. The molecule has 18 heteroatoms. The van der Waals surface area contributed by atoms with E-state index in [1.807, 2.05) is 10.3 Å². The number of thiophene rings is 1. The fraction of sp³-hybridized carbons (Fsp3) is 0.300. The van der Waals surface area contributed by atoms with Gasteiger partial charge in [-0.3, -0.25) is 24.6 Å². The van der Waals surface area contributed by atoms with Crippen LogP contribution in [0.25, 0.3) is 0 Å². The van der Waals surface area contributed by atoms with E-state index >= 15 is 0 Å². The molecule has 258 valence electrons. The summed E-state index contributed by atoms with van der Waals surface area (Å²) >= 11 is 13.1. The summed E-state index contributed by atoms with van der Waals surface area (Å²) < 4.78 is 4.73. The quantitative estimate of drug-likeness (QED) is 0.0601. The Labute approximate surface area is 297 Å². The smallest absolute Gasteiger partial charge is 0.272 e. The molecule has 0 bridgehead atoms. The van der Waals surface area contributed by atoms with E-state index in [1.165, 1.54) is 23.5 Å². The van der Waals surface area contributed by atoms with E-state index in [-0.39, 0.29) is 54.4 Å². The Hall–Kier alpha value is -4.44. The molecule has 0 aliphatic carbocycles. The van der Waals surface area contributed by atoms with Gasteiger partial charge in [0.15, 0.2) is 0 Å². The standard InChI is InChI=1S/C30H36Cl2N10O4S.ClH/c1-39-14-18(10-22(39)27(43)35-7-4-26(33)34)36-28(44)23-11-19(15-40(23)2)37-29(45)24-12-20(16-41(24)3)38-30(46)25-13-21(17-47-25)42(8-5-31)9-6-32;/h10-17H,4-9H2,1-3H3,(H3,33,34)(H,35,43)(H,36,44)(H,37,45)(H,38,46);1H. The Morgan fingerprint density at radius 1 is 0.771 bits per heavy atom. The summed E-state index contributed by atoms with van der Waals surface area (Å²) in [6.07, 6.45) is 5.07. The zero-order valence-electron chi connectivity index (χ0n) is 26.4. The molecule has 0 aliphatic rings. The minimum Gasteiger partial charge on any atom is -0.388 e. The zero-order chi connectivity index (χ0) is 34.2. The molecule has 0 fully saturated rings. The van der Waals surface area contributed by atoms with Crippen LogP contribution >= 0.6 is 46.9 Å². The number of rotatable bonds is 15. The van der Waals surface area contributed by atoms with E-state index in [1.54, 1.807) is 65.6 Å². The first kappa shape index (κ1) is 38.0. The molecule has 48 heavy (non-hydrogen) atoms. The summed E-state index contributed by atoms with van der Waals surface area (Å²) in [5.41, 5.74) is 8.30. The maximum absolute atomic E-state index is 13.2. The molecule has 4 rings (SSSR count). The van der Waals surface area contributed by atoms with Crippen LogP contribution in [0.15, 0.2) is 48.2 Å². The third-order valence-corrected chi connectivity index (χ3v) is 8.30. The Morgan fingerprint density at radius 3 is 1.65 bits per heavy atom. The van der Waals surface area contributed by atoms with Crippen molar-refractivity contribution in [2.24, 2.45) is 26.9 Å². The molecular weight excluding hydrogens is 703 g/mol. The average molecular weight is 740 g/mol. The topological polar surface area (TPSA) is 184 Å². The fourth-order valence-corrected chi connectivity index (χ4v) is 5.96. The molecule has 0 aliphatic heterocycles. The van der Waals surface area contributed by atoms with E-state index in [2.05, 4.69) is 21.3 Å². The van der Waals surface area contributed by atoms with Crippen molar-refractivity contribution in [2.75, 3.05) is 52.2 Å². The molecule has 4 aromatic rings. The highest BCUT2D eigenvalue weighted by molar-refractivity contribution is 7.12. The average Bonchev–Trinajstić information content (AvgIpc) is 3.79. The van der Waals surface area contributed by atoms with Crippen molar-refractivity contribution in [3.05, 3.63) is 70.2 Å². The van der Waals surface area contributed by atoms with Crippen molar-refractivity contribution in [1.29, 1.82) is 5.41 Å². The summed E-state index contributed by atoms with van der Waals surface area (Å²) in [6.45, 7) is 1.43. The van der Waals surface area contributed by atoms with Crippen LogP contribution in [0.4, 0.5) is 22.7 Å². The van der Waals surface area contributed by atoms with Crippen molar-refractivity contribution in [1.82, 2.24) is 19.0 Å². The Morgan fingerprint density at radius 2 is 1.21 bits per heavy atom. The molecule has 7 N–H and O–H groups in total. The number of carbonyl (C=O) groups excluding carboxylic acids is 4. The third kappa shape index (κ3) is 9.56. The lowest BCUT2D eigenvalue weighted by atomic mass is 10.3. The largest absolute Gasteiger partial charge is 0.388 e. The van der Waals surface area contributed by atoms with Gasteiger partial charge in [-0.2, -0.15) is 0 Å². The van der Waals surface area contributed by atoms with Crippen LogP contribution in [0.2, 0.25) is 0 Å². The van der Waals surface area contributed by atoms with Gasteiger partial charge in [0.2, 0.25) is 0 Å². The van der Waals surface area contributed by atoms with Crippen LogP contribution < -0.4 is 31.9 Å². The number of amides is 4. The van der Waals surface area contributed by atoms with Gasteiger partial charge in [-0.25, -0.2) is 0 Å². The number of nitrogens with two attached hydrogens (primary N) is 1. The van der Waals surface area contributed by atoms with Crippen LogP contribution in [0.1, 0.15) is 47.6 Å². The van der Waals surface area contributed by atoms with Gasteiger partial charge in [0.1, 0.15) is 17.1 Å². The number of aryl methyl sites for hydroxylation is 3. The molecular formula is C30H37Cl3N10O4S. The Bertz CT molecular complexity index is 1790. The van der Waals surface area contributed by atoms with Crippen molar-refractivity contribution < 1.29 is 19.2 Å². The van der Waals surface area contributed by atoms with Gasteiger partial charge in [0.05, 0.1) is 27.8 Å². The zero-order valence-corrected chi connectivity index (χ0v) is 29.6. The highest BCUT2D eigenvalue weighted by Crippen LogP contribution is 2.25. The van der Waals surface area contributed by atoms with Crippen LogP contribution in [0, 0.1) is 5.41 Å². The maximum Gasteiger partial charge on any atom is 0.272 e. The first-order valence-corrected chi connectivity index (χ1v) is 16.3. The number of carbonyl (C=O) groups is 4. The fourth-order valence-electron chi connectivity index (χ4n) is 4.75. The van der Waals surface area contributed by atoms with Gasteiger partial charge in [-0.05, 0) is 24.3 Å². The lowest BCUT2D eigenvalue weighted by molar-refractivity contribution is 0.0944. The van der Waals surface area contributed by atoms with E-state index in [0.29, 0.717) is 52.5 Å². The summed E-state index contributed by atoms with van der Waals surface area (Å²) in [5, 5.41) is 20.2. The number of aromatic nitrogens is 3. The molecule has 0 saturated heterocycles.